The minimum Gasteiger partial charge on any atom is -0.438 e. The van der Waals surface area contributed by atoms with Crippen LogP contribution in [0.15, 0.2) is 28.7 Å². The van der Waals surface area contributed by atoms with Gasteiger partial charge in [-0.05, 0) is 59.0 Å². The third-order valence-corrected chi connectivity index (χ3v) is 4.25. The lowest BCUT2D eigenvalue weighted by Crippen LogP contribution is -2.13. The van der Waals surface area contributed by atoms with Crippen molar-refractivity contribution in [1.82, 2.24) is 4.98 Å². The number of pyridine rings is 1. The number of thiocarbonyl (C=S) groups is 1. The highest BCUT2D eigenvalue weighted by atomic mass is 79.9. The van der Waals surface area contributed by atoms with Gasteiger partial charge in [0.2, 0.25) is 5.88 Å². The second-order valence-electron chi connectivity index (χ2n) is 4.84. The SMILES string of the molecule is NC(=S)c1cc2c(nc1Oc1ccc(Br)c(F)c1)CCC2. The first-order valence-electron chi connectivity index (χ1n) is 6.50. The highest BCUT2D eigenvalue weighted by Crippen LogP contribution is 2.31. The number of hydrogen-bond acceptors (Lipinski definition) is 3. The summed E-state index contributed by atoms with van der Waals surface area (Å²) in [6, 6.07) is 6.47. The molecule has 0 amide bonds. The third-order valence-electron chi connectivity index (χ3n) is 3.39. The molecule has 3 rings (SSSR count). The molecule has 3 nitrogen and oxygen atoms in total. The Morgan fingerprint density at radius 3 is 2.86 bits per heavy atom. The van der Waals surface area contributed by atoms with Gasteiger partial charge in [-0.2, -0.15) is 0 Å². The van der Waals surface area contributed by atoms with Gasteiger partial charge in [-0.1, -0.05) is 12.2 Å². The molecule has 6 heteroatoms. The second-order valence-corrected chi connectivity index (χ2v) is 6.14. The van der Waals surface area contributed by atoms with Gasteiger partial charge >= 0.3 is 0 Å². The Balaban J connectivity index is 2.01. The predicted molar refractivity (Wildman–Crippen MR) is 86.3 cm³/mol. The van der Waals surface area contributed by atoms with Crippen molar-refractivity contribution in [2.75, 3.05) is 0 Å². The second kappa shape index (κ2) is 5.69. The van der Waals surface area contributed by atoms with Gasteiger partial charge in [0.15, 0.2) is 0 Å². The van der Waals surface area contributed by atoms with Crippen molar-refractivity contribution < 1.29 is 9.13 Å². The van der Waals surface area contributed by atoms with Crippen molar-refractivity contribution in [1.29, 1.82) is 0 Å². The van der Waals surface area contributed by atoms with Crippen LogP contribution in [0.3, 0.4) is 0 Å². The molecule has 21 heavy (non-hydrogen) atoms. The fourth-order valence-electron chi connectivity index (χ4n) is 2.36. The van der Waals surface area contributed by atoms with Crippen LogP contribution in [0.2, 0.25) is 0 Å². The number of benzene rings is 1. The van der Waals surface area contributed by atoms with E-state index in [0.29, 0.717) is 21.7 Å². The van der Waals surface area contributed by atoms with E-state index in [4.69, 9.17) is 22.7 Å². The molecule has 2 aromatic rings. The van der Waals surface area contributed by atoms with Crippen molar-refractivity contribution in [2.45, 2.75) is 19.3 Å². The summed E-state index contributed by atoms with van der Waals surface area (Å²) in [5.41, 5.74) is 8.50. The topological polar surface area (TPSA) is 48.1 Å². The number of halogens is 2. The molecule has 1 aliphatic rings. The molecule has 0 unspecified atom stereocenters. The quantitative estimate of drug-likeness (QED) is 0.836. The van der Waals surface area contributed by atoms with Gasteiger partial charge in [0.1, 0.15) is 16.6 Å². The molecule has 0 spiro atoms. The summed E-state index contributed by atoms with van der Waals surface area (Å²) in [6.45, 7) is 0. The molecule has 0 atom stereocenters. The molecule has 0 aliphatic heterocycles. The number of aryl methyl sites for hydroxylation is 2. The van der Waals surface area contributed by atoms with E-state index >= 15 is 0 Å². The molecule has 1 aromatic heterocycles. The molecule has 2 N–H and O–H groups in total. The zero-order valence-electron chi connectivity index (χ0n) is 11.0. The normalized spacial score (nSPS) is 13.0. The van der Waals surface area contributed by atoms with Gasteiger partial charge in [-0.15, -0.1) is 0 Å². The average molecular weight is 367 g/mol. The number of fused-ring (bicyclic) bond motifs is 1. The predicted octanol–water partition coefficient (Wildman–Crippen LogP) is 3.90. The Bertz CT molecular complexity index is 736. The summed E-state index contributed by atoms with van der Waals surface area (Å²) in [6.07, 6.45) is 2.96. The molecular formula is C15H12BrFN2OS. The number of nitrogens with two attached hydrogens (primary N) is 1. The van der Waals surface area contributed by atoms with Gasteiger partial charge in [-0.3, -0.25) is 0 Å². The van der Waals surface area contributed by atoms with Crippen molar-refractivity contribution >= 4 is 33.1 Å². The number of nitrogens with zero attached hydrogens (tertiary/aromatic N) is 1. The third kappa shape index (κ3) is 2.91. The number of rotatable bonds is 3. The molecule has 0 radical (unpaired) electrons. The first kappa shape index (κ1) is 14.4. The van der Waals surface area contributed by atoms with Gasteiger partial charge in [0, 0.05) is 11.8 Å². The van der Waals surface area contributed by atoms with Gasteiger partial charge in [-0.25, -0.2) is 9.37 Å². The largest absolute Gasteiger partial charge is 0.438 e. The summed E-state index contributed by atoms with van der Waals surface area (Å²) >= 11 is 8.17. The van der Waals surface area contributed by atoms with Crippen LogP contribution in [-0.2, 0) is 12.8 Å². The monoisotopic (exact) mass is 366 g/mol. The lowest BCUT2D eigenvalue weighted by Gasteiger charge is -2.12. The molecule has 0 fully saturated rings. The van der Waals surface area contributed by atoms with Crippen LogP contribution in [0.1, 0.15) is 23.2 Å². The smallest absolute Gasteiger partial charge is 0.229 e. The van der Waals surface area contributed by atoms with Gasteiger partial charge in [0.05, 0.1) is 10.0 Å². The zero-order chi connectivity index (χ0) is 15.0. The Morgan fingerprint density at radius 2 is 2.14 bits per heavy atom. The Kier molecular flexibility index (Phi) is 3.91. The lowest BCUT2D eigenvalue weighted by atomic mass is 10.1. The number of ether oxygens (including phenoxy) is 1. The zero-order valence-corrected chi connectivity index (χ0v) is 13.4. The molecule has 108 valence electrons. The van der Waals surface area contributed by atoms with Gasteiger partial charge < -0.3 is 10.5 Å². The van der Waals surface area contributed by atoms with Gasteiger partial charge in [0.25, 0.3) is 0 Å². The number of hydrogen-bond donors (Lipinski definition) is 1. The number of aromatic nitrogens is 1. The molecule has 0 bridgehead atoms. The average Bonchev–Trinajstić information content (AvgIpc) is 2.89. The van der Waals surface area contributed by atoms with Crippen molar-refractivity contribution in [2.24, 2.45) is 5.73 Å². The van der Waals surface area contributed by atoms with Crippen LogP contribution in [0.25, 0.3) is 0 Å². The highest BCUT2D eigenvalue weighted by Gasteiger charge is 2.19. The molecular weight excluding hydrogens is 355 g/mol. The fraction of sp³-hybridized carbons (Fsp3) is 0.200. The van der Waals surface area contributed by atoms with E-state index in [9.17, 15) is 4.39 Å². The van der Waals surface area contributed by atoms with Crippen LogP contribution in [0, 0.1) is 5.82 Å². The van der Waals surface area contributed by atoms with E-state index in [0.717, 1.165) is 30.5 Å². The first-order valence-corrected chi connectivity index (χ1v) is 7.70. The van der Waals surface area contributed by atoms with E-state index < -0.39 is 5.82 Å². The van der Waals surface area contributed by atoms with Crippen LogP contribution >= 0.6 is 28.1 Å². The standard InChI is InChI=1S/C15H12BrFN2OS/c16-11-5-4-9(7-12(11)17)20-15-10(14(18)21)6-8-2-1-3-13(8)19-15/h4-7H,1-3H2,(H2,18,21). The van der Waals surface area contributed by atoms with Crippen molar-refractivity contribution in [3.05, 3.63) is 51.4 Å². The molecule has 1 aromatic carbocycles. The van der Waals surface area contributed by atoms with Crippen LogP contribution < -0.4 is 10.5 Å². The van der Waals surface area contributed by atoms with Crippen LogP contribution in [0.5, 0.6) is 11.6 Å². The van der Waals surface area contributed by atoms with Crippen LogP contribution in [0.4, 0.5) is 4.39 Å². The van der Waals surface area contributed by atoms with E-state index in [-0.39, 0.29) is 4.99 Å². The maximum atomic E-state index is 13.6. The van der Waals surface area contributed by atoms with E-state index in [1.807, 2.05) is 6.07 Å². The summed E-state index contributed by atoms with van der Waals surface area (Å²) in [5, 5.41) is 0. The molecule has 0 saturated carbocycles. The first-order chi connectivity index (χ1) is 10.0. The Hall–Kier alpha value is -1.53. The minimum atomic E-state index is -0.398. The molecule has 0 saturated heterocycles. The van der Waals surface area contributed by atoms with E-state index in [2.05, 4.69) is 20.9 Å². The Labute approximate surface area is 135 Å². The minimum absolute atomic E-state index is 0.227. The summed E-state index contributed by atoms with van der Waals surface area (Å²) in [5.74, 6) is 0.300. The lowest BCUT2D eigenvalue weighted by molar-refractivity contribution is 0.455. The van der Waals surface area contributed by atoms with E-state index in [1.165, 1.54) is 6.07 Å². The highest BCUT2D eigenvalue weighted by molar-refractivity contribution is 9.10. The van der Waals surface area contributed by atoms with Crippen LogP contribution in [-0.4, -0.2) is 9.97 Å². The molecule has 1 heterocycles. The Morgan fingerprint density at radius 1 is 1.33 bits per heavy atom. The summed E-state index contributed by atoms with van der Waals surface area (Å²) in [7, 11) is 0. The van der Waals surface area contributed by atoms with Crippen molar-refractivity contribution in [3.8, 4) is 11.6 Å². The van der Waals surface area contributed by atoms with Crippen molar-refractivity contribution in [3.63, 3.8) is 0 Å². The maximum absolute atomic E-state index is 13.6. The summed E-state index contributed by atoms with van der Waals surface area (Å²) < 4.78 is 19.6. The summed E-state index contributed by atoms with van der Waals surface area (Å²) in [4.78, 5) is 4.72. The fourth-order valence-corrected chi connectivity index (χ4v) is 2.75. The molecule has 1 aliphatic carbocycles. The maximum Gasteiger partial charge on any atom is 0.229 e. The van der Waals surface area contributed by atoms with E-state index in [1.54, 1.807) is 12.1 Å².